The van der Waals surface area contributed by atoms with Gasteiger partial charge in [-0.3, -0.25) is 4.79 Å². The number of rotatable bonds is 2. The number of fused-ring (bicyclic) bond motifs is 4. The third kappa shape index (κ3) is 2.66. The molecule has 12 atom stereocenters. The van der Waals surface area contributed by atoms with Crippen molar-refractivity contribution < 1.29 is 34.4 Å². The topological polar surface area (TPSA) is 117 Å². The smallest absolute Gasteiger partial charge is 0.334 e. The molecular weight excluding hydrogens is 448 g/mol. The van der Waals surface area contributed by atoms with Crippen molar-refractivity contribution in [1.29, 1.82) is 0 Å². The third-order valence-electron chi connectivity index (χ3n) is 11.8. The van der Waals surface area contributed by atoms with Crippen LogP contribution in [-0.4, -0.2) is 62.7 Å². The number of aliphatic hydroxyl groups excluding tert-OH is 2. The molecule has 6 rings (SSSR count). The van der Waals surface area contributed by atoms with E-state index in [-0.39, 0.29) is 41.5 Å². The van der Waals surface area contributed by atoms with E-state index in [0.717, 1.165) is 18.4 Å². The van der Waals surface area contributed by atoms with Crippen molar-refractivity contribution in [1.82, 2.24) is 0 Å². The molecule has 0 bridgehead atoms. The predicted molar refractivity (Wildman–Crippen MR) is 126 cm³/mol. The molecule has 35 heavy (non-hydrogen) atoms. The van der Waals surface area contributed by atoms with Crippen molar-refractivity contribution in [3.05, 3.63) is 23.3 Å². The van der Waals surface area contributed by atoms with E-state index in [1.165, 1.54) is 6.08 Å². The van der Waals surface area contributed by atoms with Crippen LogP contribution in [0.5, 0.6) is 0 Å². The lowest BCUT2D eigenvalue weighted by Gasteiger charge is -2.60. The zero-order valence-corrected chi connectivity index (χ0v) is 21.3. The number of ketones is 1. The molecule has 6 aliphatic rings. The van der Waals surface area contributed by atoms with Crippen LogP contribution in [-0.2, 0) is 19.1 Å². The van der Waals surface area contributed by atoms with Crippen molar-refractivity contribution in [2.24, 2.45) is 34.5 Å². The summed E-state index contributed by atoms with van der Waals surface area (Å²) < 4.78 is 11.9. The van der Waals surface area contributed by atoms with Gasteiger partial charge in [-0.05, 0) is 89.2 Å². The lowest BCUT2D eigenvalue weighted by atomic mass is 9.43. The average molecular weight is 487 g/mol. The third-order valence-corrected chi connectivity index (χ3v) is 11.8. The quantitative estimate of drug-likeness (QED) is 0.406. The summed E-state index contributed by atoms with van der Waals surface area (Å²) in [5.41, 5.74) is -2.11. The highest BCUT2D eigenvalue weighted by atomic mass is 16.6. The Balaban J connectivity index is 1.35. The maximum atomic E-state index is 13.3. The Kier molecular flexibility index (Phi) is 4.81. The molecule has 0 aromatic heterocycles. The van der Waals surface area contributed by atoms with Gasteiger partial charge in [-0.2, -0.15) is 0 Å². The average Bonchev–Trinajstić information content (AvgIpc) is 3.42. The molecule has 4 fully saturated rings. The molecule has 12 unspecified atom stereocenters. The minimum Gasteiger partial charge on any atom is -0.456 e. The first-order valence-corrected chi connectivity index (χ1v) is 13.2. The number of epoxide rings is 1. The maximum Gasteiger partial charge on any atom is 0.334 e. The molecule has 7 nitrogen and oxygen atoms in total. The molecule has 3 N–H and O–H groups in total. The minimum atomic E-state index is -1.30. The molecule has 3 saturated carbocycles. The highest BCUT2D eigenvalue weighted by Crippen LogP contribution is 2.73. The first kappa shape index (κ1) is 23.8. The first-order chi connectivity index (χ1) is 16.3. The van der Waals surface area contributed by atoms with Gasteiger partial charge in [0.2, 0.25) is 0 Å². The monoisotopic (exact) mass is 486 g/mol. The number of allylic oxidation sites excluding steroid dienone is 1. The Morgan fingerprint density at radius 1 is 1.09 bits per heavy atom. The number of esters is 1. The van der Waals surface area contributed by atoms with Gasteiger partial charge in [0.25, 0.3) is 0 Å². The van der Waals surface area contributed by atoms with Gasteiger partial charge >= 0.3 is 5.97 Å². The molecule has 4 aliphatic carbocycles. The number of hydrogen-bond acceptors (Lipinski definition) is 7. The molecule has 2 heterocycles. The van der Waals surface area contributed by atoms with E-state index < -0.39 is 40.3 Å². The molecular formula is C28H38O7. The van der Waals surface area contributed by atoms with Gasteiger partial charge in [-0.25, -0.2) is 4.79 Å². The molecule has 0 radical (unpaired) electrons. The van der Waals surface area contributed by atoms with E-state index in [2.05, 4.69) is 6.92 Å². The highest BCUT2D eigenvalue weighted by Gasteiger charge is 2.81. The van der Waals surface area contributed by atoms with Crippen molar-refractivity contribution in [3.8, 4) is 0 Å². The SMILES string of the molecule is CC1=C(C)C(=O)OC(C(C)(O)C2CCC3C4CC5OC56C(O)C=CC(=O)C6(C)C4CC(O)C32C)C1. The van der Waals surface area contributed by atoms with E-state index in [1.54, 1.807) is 19.9 Å². The molecule has 0 amide bonds. The normalized spacial score (nSPS) is 54.3. The van der Waals surface area contributed by atoms with Gasteiger partial charge in [0.05, 0.1) is 17.6 Å². The summed E-state index contributed by atoms with van der Waals surface area (Å²) in [7, 11) is 0. The lowest BCUT2D eigenvalue weighted by Crippen LogP contribution is -2.66. The Morgan fingerprint density at radius 3 is 2.49 bits per heavy atom. The standard InChI is InChI=1S/C28H38O7/c1-13-10-22(34-24(32)14(13)2)27(5,33)18-7-6-16-15-11-23-28(35-23)20(30)9-8-19(29)26(28,4)17(15)12-21(31)25(16,18)3/h8-9,15-18,20-23,30-31,33H,6-7,10-12H2,1-5H3. The van der Waals surface area contributed by atoms with Gasteiger partial charge < -0.3 is 24.8 Å². The number of aliphatic hydroxyl groups is 3. The fourth-order valence-electron chi connectivity index (χ4n) is 9.52. The van der Waals surface area contributed by atoms with Crippen LogP contribution in [0.4, 0.5) is 0 Å². The molecule has 7 heteroatoms. The Labute approximate surface area is 206 Å². The van der Waals surface area contributed by atoms with Gasteiger partial charge in [0.15, 0.2) is 5.78 Å². The van der Waals surface area contributed by atoms with Crippen LogP contribution in [0.1, 0.15) is 66.7 Å². The molecule has 192 valence electrons. The van der Waals surface area contributed by atoms with E-state index in [1.807, 2.05) is 13.8 Å². The van der Waals surface area contributed by atoms with Crippen molar-refractivity contribution in [2.75, 3.05) is 0 Å². The van der Waals surface area contributed by atoms with Crippen LogP contribution in [0, 0.1) is 34.5 Å². The number of ether oxygens (including phenoxy) is 2. The second-order valence-corrected chi connectivity index (χ2v) is 12.9. The minimum absolute atomic E-state index is 0.0240. The zero-order valence-electron chi connectivity index (χ0n) is 21.3. The number of carbonyl (C=O) groups excluding carboxylic acids is 2. The predicted octanol–water partition coefficient (Wildman–Crippen LogP) is 2.47. The largest absolute Gasteiger partial charge is 0.456 e. The molecule has 2 aliphatic heterocycles. The number of hydrogen-bond donors (Lipinski definition) is 3. The summed E-state index contributed by atoms with van der Waals surface area (Å²) in [6.45, 7) is 9.43. The second kappa shape index (κ2) is 7.06. The summed E-state index contributed by atoms with van der Waals surface area (Å²) in [4.78, 5) is 25.8. The maximum absolute atomic E-state index is 13.3. The Hall–Kier alpha value is -1.54. The van der Waals surface area contributed by atoms with Crippen molar-refractivity contribution in [3.63, 3.8) is 0 Å². The van der Waals surface area contributed by atoms with E-state index in [4.69, 9.17) is 9.47 Å². The van der Waals surface area contributed by atoms with Crippen LogP contribution in [0.3, 0.4) is 0 Å². The zero-order chi connectivity index (χ0) is 25.3. The lowest BCUT2D eigenvalue weighted by molar-refractivity contribution is -0.205. The van der Waals surface area contributed by atoms with Crippen molar-refractivity contribution >= 4 is 11.8 Å². The highest BCUT2D eigenvalue weighted by molar-refractivity contribution is 5.98. The molecule has 0 aromatic rings. The summed E-state index contributed by atoms with van der Waals surface area (Å²) in [6.07, 6.45) is 3.87. The fraction of sp³-hybridized carbons (Fsp3) is 0.786. The Morgan fingerprint density at radius 2 is 1.80 bits per heavy atom. The number of cyclic esters (lactones) is 1. The van der Waals surface area contributed by atoms with Gasteiger partial charge in [0.1, 0.15) is 23.4 Å². The summed E-state index contributed by atoms with van der Waals surface area (Å²) in [5, 5.41) is 34.5. The van der Waals surface area contributed by atoms with Gasteiger partial charge in [-0.1, -0.05) is 12.5 Å². The first-order valence-electron chi connectivity index (χ1n) is 13.2. The van der Waals surface area contributed by atoms with Crippen LogP contribution >= 0.6 is 0 Å². The summed E-state index contributed by atoms with van der Waals surface area (Å²) in [5.74, 6) is -0.523. The summed E-state index contributed by atoms with van der Waals surface area (Å²) >= 11 is 0. The van der Waals surface area contributed by atoms with Crippen molar-refractivity contribution in [2.45, 2.75) is 102 Å². The fourth-order valence-corrected chi connectivity index (χ4v) is 9.52. The number of carbonyl (C=O) groups is 2. The van der Waals surface area contributed by atoms with Crippen LogP contribution in [0.2, 0.25) is 0 Å². The molecule has 1 saturated heterocycles. The van der Waals surface area contributed by atoms with Crippen LogP contribution in [0.25, 0.3) is 0 Å². The molecule has 0 aromatic carbocycles. The summed E-state index contributed by atoms with van der Waals surface area (Å²) in [6, 6.07) is 0. The second-order valence-electron chi connectivity index (χ2n) is 12.9. The van der Waals surface area contributed by atoms with E-state index in [9.17, 15) is 24.9 Å². The van der Waals surface area contributed by atoms with E-state index in [0.29, 0.717) is 24.8 Å². The van der Waals surface area contributed by atoms with Gasteiger partial charge in [0, 0.05) is 17.4 Å². The van der Waals surface area contributed by atoms with Crippen LogP contribution < -0.4 is 0 Å². The van der Waals surface area contributed by atoms with Crippen LogP contribution in [0.15, 0.2) is 23.3 Å². The van der Waals surface area contributed by atoms with Gasteiger partial charge in [-0.15, -0.1) is 0 Å². The Bertz CT molecular complexity index is 1060. The molecule has 1 spiro atoms. The van der Waals surface area contributed by atoms with E-state index >= 15 is 0 Å².